The summed E-state index contributed by atoms with van der Waals surface area (Å²) in [6.07, 6.45) is 3.71. The summed E-state index contributed by atoms with van der Waals surface area (Å²) in [4.78, 5) is 4.31. The van der Waals surface area contributed by atoms with Gasteiger partial charge in [0.2, 0.25) is 0 Å². The molecule has 0 fully saturated rings. The van der Waals surface area contributed by atoms with Gasteiger partial charge in [0.1, 0.15) is 11.2 Å². The van der Waals surface area contributed by atoms with Gasteiger partial charge < -0.3 is 4.42 Å². The lowest BCUT2D eigenvalue weighted by Crippen LogP contribution is -1.86. The van der Waals surface area contributed by atoms with E-state index in [4.69, 9.17) is 4.42 Å². The Morgan fingerprint density at radius 2 is 1.06 bits per heavy atom. The van der Waals surface area contributed by atoms with Crippen LogP contribution in [-0.4, -0.2) is 4.98 Å². The normalized spacial score (nSPS) is 11.2. The second-order valence-electron chi connectivity index (χ2n) is 7.62. The van der Waals surface area contributed by atoms with Crippen LogP contribution in [0.25, 0.3) is 55.3 Å². The number of hydrogen-bond donors (Lipinski definition) is 0. The van der Waals surface area contributed by atoms with Crippen molar-refractivity contribution < 1.29 is 4.42 Å². The Morgan fingerprint density at radius 3 is 1.81 bits per heavy atom. The molecule has 0 aliphatic carbocycles. The fourth-order valence-corrected chi connectivity index (χ4v) is 4.37. The SMILES string of the molecule is c1ccc(-c2cccc3c2oc2c(-c4ccccc4-c4cccnc4)cccc23)cc1. The zero-order valence-electron chi connectivity index (χ0n) is 16.8. The molecule has 0 unspecified atom stereocenters. The fraction of sp³-hybridized carbons (Fsp3) is 0. The lowest BCUT2D eigenvalue weighted by molar-refractivity contribution is 0.671. The lowest BCUT2D eigenvalue weighted by Gasteiger charge is -2.10. The lowest BCUT2D eigenvalue weighted by atomic mass is 9.94. The second kappa shape index (κ2) is 7.26. The van der Waals surface area contributed by atoms with Gasteiger partial charge in [-0.1, -0.05) is 97.1 Å². The van der Waals surface area contributed by atoms with E-state index in [-0.39, 0.29) is 0 Å². The molecule has 0 aliphatic rings. The first-order valence-electron chi connectivity index (χ1n) is 10.4. The van der Waals surface area contributed by atoms with Crippen molar-refractivity contribution in [2.45, 2.75) is 0 Å². The molecule has 0 atom stereocenters. The Bertz CT molecular complexity index is 1510. The van der Waals surface area contributed by atoms with Crippen molar-refractivity contribution in [1.82, 2.24) is 4.98 Å². The topological polar surface area (TPSA) is 26.0 Å². The molecule has 31 heavy (non-hydrogen) atoms. The minimum absolute atomic E-state index is 0.914. The summed E-state index contributed by atoms with van der Waals surface area (Å²) in [7, 11) is 0. The van der Waals surface area contributed by atoms with Crippen LogP contribution >= 0.6 is 0 Å². The van der Waals surface area contributed by atoms with E-state index in [1.807, 2.05) is 18.3 Å². The van der Waals surface area contributed by atoms with Crippen LogP contribution in [0.2, 0.25) is 0 Å². The van der Waals surface area contributed by atoms with Crippen molar-refractivity contribution in [3.05, 3.63) is 116 Å². The van der Waals surface area contributed by atoms with Crippen molar-refractivity contribution in [3.63, 3.8) is 0 Å². The van der Waals surface area contributed by atoms with E-state index in [2.05, 4.69) is 96.0 Å². The van der Waals surface area contributed by atoms with Crippen LogP contribution in [0.3, 0.4) is 0 Å². The van der Waals surface area contributed by atoms with E-state index in [0.717, 1.165) is 55.3 Å². The monoisotopic (exact) mass is 397 g/mol. The number of rotatable bonds is 3. The largest absolute Gasteiger partial charge is 0.455 e. The highest BCUT2D eigenvalue weighted by Gasteiger charge is 2.17. The highest BCUT2D eigenvalue weighted by atomic mass is 16.3. The molecule has 0 spiro atoms. The van der Waals surface area contributed by atoms with E-state index in [1.54, 1.807) is 6.20 Å². The molecule has 0 amide bonds. The molecule has 6 aromatic rings. The molecule has 0 radical (unpaired) electrons. The Balaban J connectivity index is 1.64. The molecule has 4 aromatic carbocycles. The molecule has 2 nitrogen and oxygen atoms in total. The number of pyridine rings is 1. The van der Waals surface area contributed by atoms with Gasteiger partial charge in [-0.25, -0.2) is 0 Å². The summed E-state index contributed by atoms with van der Waals surface area (Å²) in [5.74, 6) is 0. The quantitative estimate of drug-likeness (QED) is 0.302. The number of para-hydroxylation sites is 2. The second-order valence-corrected chi connectivity index (χ2v) is 7.62. The molecule has 0 aliphatic heterocycles. The summed E-state index contributed by atoms with van der Waals surface area (Å²) in [6, 6.07) is 35.7. The zero-order chi connectivity index (χ0) is 20.6. The molecule has 0 bridgehead atoms. The summed E-state index contributed by atoms with van der Waals surface area (Å²) in [5, 5.41) is 2.27. The summed E-state index contributed by atoms with van der Waals surface area (Å²) in [5.41, 5.74) is 8.58. The molecular formula is C29H19NO. The van der Waals surface area contributed by atoms with Gasteiger partial charge in [0, 0.05) is 39.9 Å². The van der Waals surface area contributed by atoms with Gasteiger partial charge in [0.05, 0.1) is 0 Å². The highest BCUT2D eigenvalue weighted by Crippen LogP contribution is 2.41. The van der Waals surface area contributed by atoms with Crippen LogP contribution < -0.4 is 0 Å². The van der Waals surface area contributed by atoms with E-state index >= 15 is 0 Å². The molecule has 2 aromatic heterocycles. The number of furan rings is 1. The van der Waals surface area contributed by atoms with Crippen LogP contribution in [0.1, 0.15) is 0 Å². The van der Waals surface area contributed by atoms with Crippen LogP contribution in [-0.2, 0) is 0 Å². The number of fused-ring (bicyclic) bond motifs is 3. The van der Waals surface area contributed by atoms with Crippen LogP contribution in [0.4, 0.5) is 0 Å². The number of hydrogen-bond acceptors (Lipinski definition) is 2. The van der Waals surface area contributed by atoms with Crippen LogP contribution in [0.5, 0.6) is 0 Å². The average molecular weight is 397 g/mol. The van der Waals surface area contributed by atoms with E-state index in [1.165, 1.54) is 0 Å². The van der Waals surface area contributed by atoms with Gasteiger partial charge >= 0.3 is 0 Å². The van der Waals surface area contributed by atoms with E-state index < -0.39 is 0 Å². The summed E-state index contributed by atoms with van der Waals surface area (Å²) in [6.45, 7) is 0. The smallest absolute Gasteiger partial charge is 0.143 e. The molecular weight excluding hydrogens is 378 g/mol. The Hall–Kier alpha value is -4.17. The van der Waals surface area contributed by atoms with Gasteiger partial charge in [0.15, 0.2) is 0 Å². The van der Waals surface area contributed by atoms with Crippen molar-refractivity contribution in [2.75, 3.05) is 0 Å². The number of aromatic nitrogens is 1. The first kappa shape index (κ1) is 17.7. The predicted molar refractivity (Wildman–Crippen MR) is 128 cm³/mol. The molecule has 6 rings (SSSR count). The molecule has 0 N–H and O–H groups in total. The third-order valence-corrected chi connectivity index (χ3v) is 5.80. The Labute approximate surface area is 180 Å². The van der Waals surface area contributed by atoms with Gasteiger partial charge in [-0.2, -0.15) is 0 Å². The van der Waals surface area contributed by atoms with Crippen molar-refractivity contribution in [2.24, 2.45) is 0 Å². The van der Waals surface area contributed by atoms with Crippen LogP contribution in [0, 0.1) is 0 Å². The maximum Gasteiger partial charge on any atom is 0.143 e. The van der Waals surface area contributed by atoms with Gasteiger partial charge in [-0.3, -0.25) is 4.98 Å². The molecule has 2 heteroatoms. The van der Waals surface area contributed by atoms with Crippen molar-refractivity contribution in [1.29, 1.82) is 0 Å². The fourth-order valence-electron chi connectivity index (χ4n) is 4.37. The maximum absolute atomic E-state index is 6.60. The van der Waals surface area contributed by atoms with E-state index in [0.29, 0.717) is 0 Å². The molecule has 0 saturated heterocycles. The van der Waals surface area contributed by atoms with E-state index in [9.17, 15) is 0 Å². The number of nitrogens with zero attached hydrogens (tertiary/aromatic N) is 1. The van der Waals surface area contributed by atoms with Crippen molar-refractivity contribution in [3.8, 4) is 33.4 Å². The van der Waals surface area contributed by atoms with Gasteiger partial charge in [-0.05, 0) is 22.8 Å². The summed E-state index contributed by atoms with van der Waals surface area (Å²) >= 11 is 0. The van der Waals surface area contributed by atoms with Gasteiger partial charge in [0.25, 0.3) is 0 Å². The summed E-state index contributed by atoms with van der Waals surface area (Å²) < 4.78 is 6.60. The third kappa shape index (κ3) is 2.92. The van der Waals surface area contributed by atoms with Crippen molar-refractivity contribution >= 4 is 21.9 Å². The first-order chi connectivity index (χ1) is 15.4. The molecule has 146 valence electrons. The van der Waals surface area contributed by atoms with Gasteiger partial charge in [-0.15, -0.1) is 0 Å². The third-order valence-electron chi connectivity index (χ3n) is 5.80. The molecule has 0 saturated carbocycles. The zero-order valence-corrected chi connectivity index (χ0v) is 16.8. The highest BCUT2D eigenvalue weighted by molar-refractivity contribution is 6.13. The minimum atomic E-state index is 0.914. The minimum Gasteiger partial charge on any atom is -0.455 e. The molecule has 2 heterocycles. The van der Waals surface area contributed by atoms with Crippen LogP contribution in [0.15, 0.2) is 120 Å². The standard InChI is InChI=1S/C29H19NO/c1-2-9-20(10-3-1)23-14-6-16-26-27-17-7-15-25(29(27)31-28(23)26)24-13-5-4-12-22(24)21-11-8-18-30-19-21/h1-19H. The Kier molecular flexibility index (Phi) is 4.14. The maximum atomic E-state index is 6.60. The Morgan fingerprint density at radius 1 is 0.452 bits per heavy atom. The first-order valence-corrected chi connectivity index (χ1v) is 10.4. The average Bonchev–Trinajstić information content (AvgIpc) is 3.24. The number of benzene rings is 4. The predicted octanol–water partition coefficient (Wildman–Crippen LogP) is 7.98.